The Morgan fingerprint density at radius 2 is 2.21 bits per heavy atom. The van der Waals surface area contributed by atoms with Gasteiger partial charge in [0.2, 0.25) is 0 Å². The number of carboxylic acid groups (broad SMARTS) is 1. The van der Waals surface area contributed by atoms with Crippen molar-refractivity contribution in [2.45, 2.75) is 6.92 Å². The summed E-state index contributed by atoms with van der Waals surface area (Å²) in [4.78, 5) is 24.3. The molecule has 1 aromatic carbocycles. The largest absolute Gasteiger partial charge is 0.481 e. The van der Waals surface area contributed by atoms with Gasteiger partial charge in [0, 0.05) is 18.7 Å². The third-order valence-electron chi connectivity index (χ3n) is 2.62. The molecule has 0 spiro atoms. The predicted octanol–water partition coefficient (Wildman–Crippen LogP) is 2.17. The van der Waals surface area contributed by atoms with Crippen molar-refractivity contribution < 1.29 is 19.1 Å². The number of rotatable bonds is 6. The third kappa shape index (κ3) is 4.21. The topological polar surface area (TPSA) is 57.6 Å². The van der Waals surface area contributed by atoms with E-state index in [1.54, 1.807) is 0 Å². The summed E-state index contributed by atoms with van der Waals surface area (Å²) in [5, 5.41) is 8.87. The molecule has 0 saturated heterocycles. The lowest BCUT2D eigenvalue weighted by atomic mass is 10.1. The molecule has 0 bridgehead atoms. The van der Waals surface area contributed by atoms with Crippen molar-refractivity contribution in [1.82, 2.24) is 4.90 Å². The fourth-order valence-electron chi connectivity index (χ4n) is 1.61. The molecule has 1 atom stereocenters. The van der Waals surface area contributed by atoms with Gasteiger partial charge in [0.1, 0.15) is 5.82 Å². The first-order valence-corrected chi connectivity index (χ1v) is 5.84. The second kappa shape index (κ2) is 6.68. The molecule has 1 rings (SSSR count). The van der Waals surface area contributed by atoms with Crippen molar-refractivity contribution in [2.75, 3.05) is 13.1 Å². The molecule has 0 aliphatic carbocycles. The number of carboxylic acids is 1. The van der Waals surface area contributed by atoms with E-state index in [-0.39, 0.29) is 18.7 Å². The van der Waals surface area contributed by atoms with Crippen LogP contribution < -0.4 is 0 Å². The highest BCUT2D eigenvalue weighted by atomic mass is 19.1. The first-order chi connectivity index (χ1) is 8.95. The van der Waals surface area contributed by atoms with E-state index in [9.17, 15) is 14.0 Å². The summed E-state index contributed by atoms with van der Waals surface area (Å²) in [6.45, 7) is 5.31. The first-order valence-electron chi connectivity index (χ1n) is 5.84. The highest BCUT2D eigenvalue weighted by Gasteiger charge is 2.20. The zero-order valence-corrected chi connectivity index (χ0v) is 10.7. The quantitative estimate of drug-likeness (QED) is 0.802. The minimum Gasteiger partial charge on any atom is -0.481 e. The molecule has 1 aromatic rings. The lowest BCUT2D eigenvalue weighted by molar-refractivity contribution is -0.141. The van der Waals surface area contributed by atoms with Crippen molar-refractivity contribution in [3.63, 3.8) is 0 Å². The fraction of sp³-hybridized carbons (Fsp3) is 0.286. The van der Waals surface area contributed by atoms with Gasteiger partial charge < -0.3 is 10.0 Å². The molecule has 19 heavy (non-hydrogen) atoms. The van der Waals surface area contributed by atoms with Crippen LogP contribution in [-0.4, -0.2) is 35.0 Å². The Kier molecular flexibility index (Phi) is 5.23. The Labute approximate surface area is 111 Å². The van der Waals surface area contributed by atoms with Gasteiger partial charge in [0.15, 0.2) is 0 Å². The number of amides is 1. The average molecular weight is 265 g/mol. The molecule has 0 heterocycles. The zero-order chi connectivity index (χ0) is 14.4. The van der Waals surface area contributed by atoms with E-state index in [1.807, 2.05) is 0 Å². The lowest BCUT2D eigenvalue weighted by Crippen LogP contribution is -2.37. The Morgan fingerprint density at radius 3 is 2.74 bits per heavy atom. The Hall–Kier alpha value is -2.17. The smallest absolute Gasteiger partial charge is 0.308 e. The number of nitrogens with zero attached hydrogens (tertiary/aromatic N) is 1. The second-order valence-corrected chi connectivity index (χ2v) is 4.25. The van der Waals surface area contributed by atoms with Crippen LogP contribution >= 0.6 is 0 Å². The van der Waals surface area contributed by atoms with E-state index in [4.69, 9.17) is 5.11 Å². The second-order valence-electron chi connectivity index (χ2n) is 4.25. The monoisotopic (exact) mass is 265 g/mol. The van der Waals surface area contributed by atoms with Crippen molar-refractivity contribution >= 4 is 11.9 Å². The number of hydrogen-bond acceptors (Lipinski definition) is 2. The highest BCUT2D eigenvalue weighted by molar-refractivity contribution is 5.94. The van der Waals surface area contributed by atoms with Crippen molar-refractivity contribution in [1.29, 1.82) is 0 Å². The third-order valence-corrected chi connectivity index (χ3v) is 2.62. The molecular formula is C14H16FNO3. The van der Waals surface area contributed by atoms with Crippen LogP contribution in [0.15, 0.2) is 36.9 Å². The van der Waals surface area contributed by atoms with Gasteiger partial charge in [-0.15, -0.1) is 6.58 Å². The number of carbonyl (C=O) groups is 2. The SMILES string of the molecule is C=CCN(CC(C)C(=O)O)C(=O)c1cccc(F)c1. The lowest BCUT2D eigenvalue weighted by Gasteiger charge is -2.23. The summed E-state index contributed by atoms with van der Waals surface area (Å²) in [5.41, 5.74) is 0.194. The maximum Gasteiger partial charge on any atom is 0.308 e. The molecule has 4 nitrogen and oxygen atoms in total. The van der Waals surface area contributed by atoms with Crippen LogP contribution in [-0.2, 0) is 4.79 Å². The van der Waals surface area contributed by atoms with Gasteiger partial charge >= 0.3 is 5.97 Å². The van der Waals surface area contributed by atoms with Crippen LogP contribution in [0.25, 0.3) is 0 Å². The number of hydrogen-bond donors (Lipinski definition) is 1. The molecule has 0 aromatic heterocycles. The Morgan fingerprint density at radius 1 is 1.53 bits per heavy atom. The van der Waals surface area contributed by atoms with Gasteiger partial charge in [0.25, 0.3) is 5.91 Å². The summed E-state index contributed by atoms with van der Waals surface area (Å²) in [5.74, 6) is -2.60. The molecule has 0 aliphatic heterocycles. The van der Waals surface area contributed by atoms with Crippen LogP contribution in [0.1, 0.15) is 17.3 Å². The molecule has 0 aliphatic rings. The molecule has 0 radical (unpaired) electrons. The number of benzene rings is 1. The summed E-state index contributed by atoms with van der Waals surface area (Å²) in [7, 11) is 0. The summed E-state index contributed by atoms with van der Waals surface area (Å²) in [6.07, 6.45) is 1.51. The summed E-state index contributed by atoms with van der Waals surface area (Å²) in [6, 6.07) is 5.31. The average Bonchev–Trinajstić information content (AvgIpc) is 2.37. The van der Waals surface area contributed by atoms with Gasteiger partial charge in [-0.3, -0.25) is 9.59 Å². The van der Waals surface area contributed by atoms with Gasteiger partial charge in [-0.2, -0.15) is 0 Å². The summed E-state index contributed by atoms with van der Waals surface area (Å²) >= 11 is 0. The van der Waals surface area contributed by atoms with E-state index in [1.165, 1.54) is 36.1 Å². The van der Waals surface area contributed by atoms with Gasteiger partial charge in [-0.25, -0.2) is 4.39 Å². The first kappa shape index (κ1) is 14.9. The molecule has 102 valence electrons. The molecule has 1 amide bonds. The van der Waals surface area contributed by atoms with Crippen LogP contribution in [0.4, 0.5) is 4.39 Å². The minimum atomic E-state index is -0.985. The maximum absolute atomic E-state index is 13.1. The number of carbonyl (C=O) groups excluding carboxylic acids is 1. The van der Waals surface area contributed by atoms with Gasteiger partial charge in [-0.1, -0.05) is 19.1 Å². The molecule has 1 N–H and O–H groups in total. The number of halogens is 1. The van der Waals surface area contributed by atoms with E-state index in [0.717, 1.165) is 6.07 Å². The van der Waals surface area contributed by atoms with Crippen molar-refractivity contribution in [3.8, 4) is 0 Å². The molecule has 5 heteroatoms. The van der Waals surface area contributed by atoms with Gasteiger partial charge in [-0.05, 0) is 18.2 Å². The van der Waals surface area contributed by atoms with Crippen molar-refractivity contribution in [3.05, 3.63) is 48.3 Å². The predicted molar refractivity (Wildman–Crippen MR) is 69.3 cm³/mol. The molecule has 1 unspecified atom stereocenters. The highest BCUT2D eigenvalue weighted by Crippen LogP contribution is 2.10. The molecule has 0 saturated carbocycles. The van der Waals surface area contributed by atoms with Crippen LogP contribution in [0.5, 0.6) is 0 Å². The normalized spacial score (nSPS) is 11.7. The Balaban J connectivity index is 2.89. The van der Waals surface area contributed by atoms with E-state index in [0.29, 0.717) is 0 Å². The van der Waals surface area contributed by atoms with Crippen molar-refractivity contribution in [2.24, 2.45) is 5.92 Å². The standard InChI is InChI=1S/C14H16FNO3/c1-3-7-16(9-10(2)14(18)19)13(17)11-5-4-6-12(15)8-11/h3-6,8,10H,1,7,9H2,2H3,(H,18,19). The number of aliphatic carboxylic acids is 1. The van der Waals surface area contributed by atoms with E-state index < -0.39 is 23.6 Å². The fourth-order valence-corrected chi connectivity index (χ4v) is 1.61. The van der Waals surface area contributed by atoms with Crippen LogP contribution in [0, 0.1) is 11.7 Å². The van der Waals surface area contributed by atoms with E-state index >= 15 is 0 Å². The van der Waals surface area contributed by atoms with Gasteiger partial charge in [0.05, 0.1) is 5.92 Å². The molecule has 0 fully saturated rings. The minimum absolute atomic E-state index is 0.0523. The summed E-state index contributed by atoms with van der Waals surface area (Å²) < 4.78 is 13.1. The van der Waals surface area contributed by atoms with E-state index in [2.05, 4.69) is 6.58 Å². The van der Waals surface area contributed by atoms with Crippen LogP contribution in [0.2, 0.25) is 0 Å². The van der Waals surface area contributed by atoms with Crippen LogP contribution in [0.3, 0.4) is 0 Å². The zero-order valence-electron chi connectivity index (χ0n) is 10.7. The maximum atomic E-state index is 13.1. The molecular weight excluding hydrogens is 249 g/mol. The Bertz CT molecular complexity index is 487.